The number of aliphatic carboxylic acids is 3. The molecule has 0 saturated heterocycles. The first-order chi connectivity index (χ1) is 14.0. The zero-order valence-electron chi connectivity index (χ0n) is 17.2. The van der Waals surface area contributed by atoms with Gasteiger partial charge in [-0.1, -0.05) is 94.2 Å². The summed E-state index contributed by atoms with van der Waals surface area (Å²) < 4.78 is 0. The summed E-state index contributed by atoms with van der Waals surface area (Å²) in [6.45, 7) is 13.4. The van der Waals surface area contributed by atoms with Crippen LogP contribution in [0, 0.1) is 0 Å². The summed E-state index contributed by atoms with van der Waals surface area (Å²) in [7, 11) is 0. The van der Waals surface area contributed by atoms with Gasteiger partial charge in [0.05, 0.1) is 0 Å². The minimum Gasteiger partial charge on any atom is -0.478 e. The number of carboxylic acid groups (broad SMARTS) is 3. The summed E-state index contributed by atoms with van der Waals surface area (Å²) >= 11 is 0. The van der Waals surface area contributed by atoms with E-state index < -0.39 is 17.9 Å². The third-order valence-electron chi connectivity index (χ3n) is 3.51. The van der Waals surface area contributed by atoms with Crippen LogP contribution in [0.2, 0.25) is 0 Å². The van der Waals surface area contributed by atoms with Crippen molar-refractivity contribution >= 4 is 17.9 Å². The molecule has 6 nitrogen and oxygen atoms in total. The van der Waals surface area contributed by atoms with E-state index in [-0.39, 0.29) is 5.41 Å². The average molecular weight is 412 g/mol. The number of carbonyl (C=O) groups is 3. The summed E-state index contributed by atoms with van der Waals surface area (Å²) in [6.07, 6.45) is 2.50. The number of rotatable bonds is 5. The first-order valence-corrected chi connectivity index (χ1v) is 8.70. The first kappa shape index (κ1) is 28.3. The molecule has 0 aromatic heterocycles. The highest BCUT2D eigenvalue weighted by molar-refractivity contribution is 5.79. The summed E-state index contributed by atoms with van der Waals surface area (Å²) in [5, 5.41) is 22.8. The molecule has 3 N–H and O–H groups in total. The summed E-state index contributed by atoms with van der Waals surface area (Å²) in [6, 6.07) is 21.3. The summed E-state index contributed by atoms with van der Waals surface area (Å²) in [5.41, 5.74) is 2.80. The topological polar surface area (TPSA) is 112 Å². The lowest BCUT2D eigenvalue weighted by Gasteiger charge is -2.25. The van der Waals surface area contributed by atoms with Crippen LogP contribution < -0.4 is 0 Å². The molecule has 0 spiro atoms. The third kappa shape index (κ3) is 14.2. The van der Waals surface area contributed by atoms with Crippen LogP contribution in [-0.2, 0) is 19.8 Å². The molecule has 0 heterocycles. The minimum absolute atomic E-state index is 0.0858. The molecule has 6 heteroatoms. The Labute approximate surface area is 177 Å². The molecule has 0 atom stereocenters. The molecule has 0 aliphatic rings. The van der Waals surface area contributed by atoms with Crippen LogP contribution >= 0.6 is 0 Å². The molecule has 0 unspecified atom stereocenters. The maximum absolute atomic E-state index is 9.25. The lowest BCUT2D eigenvalue weighted by molar-refractivity contribution is -0.132. The smallest absolute Gasteiger partial charge is 0.327 e. The molecule has 2 aromatic carbocycles. The van der Waals surface area contributed by atoms with E-state index >= 15 is 0 Å². The monoisotopic (exact) mass is 412 g/mol. The van der Waals surface area contributed by atoms with Crippen molar-refractivity contribution in [3.63, 3.8) is 0 Å². The van der Waals surface area contributed by atoms with Crippen molar-refractivity contribution in [3.05, 3.63) is 110 Å². The van der Waals surface area contributed by atoms with Crippen LogP contribution in [0.15, 0.2) is 98.6 Å². The molecule has 0 saturated carbocycles. The molecule has 0 fully saturated rings. The van der Waals surface area contributed by atoms with Crippen LogP contribution in [0.5, 0.6) is 0 Å². The lowest BCUT2D eigenvalue weighted by atomic mass is 9.78. The SMILES string of the molecule is C=CC(=O)O.C=CC(=O)O.C=CC(=O)O.CC(C)(c1ccccc1)c1ccccc1. The van der Waals surface area contributed by atoms with Gasteiger partial charge in [0.2, 0.25) is 0 Å². The van der Waals surface area contributed by atoms with E-state index in [1.165, 1.54) is 11.1 Å². The molecule has 0 amide bonds. The second-order valence-corrected chi connectivity index (χ2v) is 5.98. The van der Waals surface area contributed by atoms with Gasteiger partial charge in [0.1, 0.15) is 0 Å². The van der Waals surface area contributed by atoms with Crippen LogP contribution in [-0.4, -0.2) is 33.2 Å². The fourth-order valence-electron chi connectivity index (χ4n) is 1.88. The van der Waals surface area contributed by atoms with Crippen molar-refractivity contribution < 1.29 is 29.7 Å². The van der Waals surface area contributed by atoms with Crippen LogP contribution in [0.4, 0.5) is 0 Å². The maximum atomic E-state index is 9.25. The van der Waals surface area contributed by atoms with Crippen molar-refractivity contribution in [1.82, 2.24) is 0 Å². The van der Waals surface area contributed by atoms with Gasteiger partial charge in [0.15, 0.2) is 0 Å². The van der Waals surface area contributed by atoms with Crippen LogP contribution in [0.3, 0.4) is 0 Å². The van der Waals surface area contributed by atoms with E-state index in [0.717, 1.165) is 18.2 Å². The molecule has 0 radical (unpaired) electrons. The van der Waals surface area contributed by atoms with E-state index in [1.807, 2.05) is 0 Å². The molecule has 2 rings (SSSR count). The van der Waals surface area contributed by atoms with Gasteiger partial charge in [0, 0.05) is 23.6 Å². The zero-order valence-corrected chi connectivity index (χ0v) is 17.2. The van der Waals surface area contributed by atoms with Gasteiger partial charge in [0.25, 0.3) is 0 Å². The fourth-order valence-corrected chi connectivity index (χ4v) is 1.88. The average Bonchev–Trinajstić information content (AvgIpc) is 2.76. The van der Waals surface area contributed by atoms with Crippen molar-refractivity contribution in [3.8, 4) is 0 Å². The Bertz CT molecular complexity index is 724. The molecule has 30 heavy (non-hydrogen) atoms. The Morgan fingerprint density at radius 2 is 0.833 bits per heavy atom. The van der Waals surface area contributed by atoms with Crippen LogP contribution in [0.25, 0.3) is 0 Å². The molecular formula is C24H28O6. The number of benzene rings is 2. The maximum Gasteiger partial charge on any atom is 0.327 e. The predicted octanol–water partition coefficient (Wildman–Crippen LogP) is 4.78. The highest BCUT2D eigenvalue weighted by Crippen LogP contribution is 2.30. The van der Waals surface area contributed by atoms with E-state index in [2.05, 4.69) is 94.2 Å². The summed E-state index contributed by atoms with van der Waals surface area (Å²) in [4.78, 5) is 27.8. The Kier molecular flexibility index (Phi) is 15.1. The van der Waals surface area contributed by atoms with Crippen molar-refractivity contribution in [2.75, 3.05) is 0 Å². The highest BCUT2D eigenvalue weighted by Gasteiger charge is 2.21. The van der Waals surface area contributed by atoms with Crippen molar-refractivity contribution in [2.24, 2.45) is 0 Å². The van der Waals surface area contributed by atoms with Gasteiger partial charge in [-0.15, -0.1) is 0 Å². The fraction of sp³-hybridized carbons (Fsp3) is 0.125. The van der Waals surface area contributed by atoms with E-state index in [0.29, 0.717) is 0 Å². The van der Waals surface area contributed by atoms with Gasteiger partial charge < -0.3 is 15.3 Å². The molecule has 0 bridgehead atoms. The van der Waals surface area contributed by atoms with Gasteiger partial charge >= 0.3 is 17.9 Å². The Balaban J connectivity index is 0. The molecular weight excluding hydrogens is 384 g/mol. The van der Waals surface area contributed by atoms with Crippen molar-refractivity contribution in [2.45, 2.75) is 19.3 Å². The number of hydrogen-bond acceptors (Lipinski definition) is 3. The molecule has 160 valence electrons. The number of carboxylic acids is 3. The van der Waals surface area contributed by atoms with Crippen molar-refractivity contribution in [1.29, 1.82) is 0 Å². The third-order valence-corrected chi connectivity index (χ3v) is 3.51. The molecule has 2 aromatic rings. The molecule has 0 aliphatic heterocycles. The standard InChI is InChI=1S/C15H16.3C3H4O2/c1-15(2,13-9-5-3-6-10-13)14-11-7-4-8-12-14;3*1-2-3(4)5/h3-12H,1-2H3;3*2H,1H2,(H,4,5). The van der Waals surface area contributed by atoms with E-state index in [4.69, 9.17) is 15.3 Å². The minimum atomic E-state index is -0.981. The second kappa shape index (κ2) is 16.1. The lowest BCUT2D eigenvalue weighted by Crippen LogP contribution is -2.18. The van der Waals surface area contributed by atoms with Gasteiger partial charge in [-0.05, 0) is 11.1 Å². The van der Waals surface area contributed by atoms with E-state index in [9.17, 15) is 14.4 Å². The van der Waals surface area contributed by atoms with E-state index in [1.54, 1.807) is 0 Å². The molecule has 0 aliphatic carbocycles. The quantitative estimate of drug-likeness (QED) is 0.609. The first-order valence-electron chi connectivity index (χ1n) is 8.70. The largest absolute Gasteiger partial charge is 0.478 e. The normalized spacial score (nSPS) is 8.87. The second-order valence-electron chi connectivity index (χ2n) is 5.98. The van der Waals surface area contributed by atoms with Crippen LogP contribution in [0.1, 0.15) is 25.0 Å². The van der Waals surface area contributed by atoms with Gasteiger partial charge in [-0.2, -0.15) is 0 Å². The van der Waals surface area contributed by atoms with Gasteiger partial charge in [-0.25, -0.2) is 14.4 Å². The predicted molar refractivity (Wildman–Crippen MR) is 119 cm³/mol. The zero-order chi connectivity index (χ0) is 23.6. The highest BCUT2D eigenvalue weighted by atomic mass is 16.4. The van der Waals surface area contributed by atoms with Gasteiger partial charge in [-0.3, -0.25) is 0 Å². The summed E-state index contributed by atoms with van der Waals surface area (Å²) in [5.74, 6) is -2.94. The Hall–Kier alpha value is -3.93. The Morgan fingerprint density at radius 1 is 0.633 bits per heavy atom. The Morgan fingerprint density at radius 3 is 1.00 bits per heavy atom. The number of hydrogen-bond donors (Lipinski definition) is 3.